The quantitative estimate of drug-likeness (QED) is 0.0537. The molecule has 13 heteroatoms. The molecule has 0 spiro atoms. The number of aliphatic hydroxyl groups excluding tert-OH is 4. The molecule has 2 unspecified atom stereocenters. The van der Waals surface area contributed by atoms with Crippen LogP contribution in [0.3, 0.4) is 0 Å². The molecule has 0 bridgehead atoms. The van der Waals surface area contributed by atoms with Crippen molar-refractivity contribution in [2.45, 2.75) is 12.5 Å². The van der Waals surface area contributed by atoms with E-state index in [2.05, 4.69) is 15.3 Å². The van der Waals surface area contributed by atoms with Gasteiger partial charge in [-0.2, -0.15) is 0 Å². The predicted molar refractivity (Wildman–Crippen MR) is 124 cm³/mol. The molecular weight excluding hydrogens is 438 g/mol. The van der Waals surface area contributed by atoms with Gasteiger partial charge in [-0.05, 0) is 13.0 Å². The highest BCUT2D eigenvalue weighted by atomic mass is 16.5. The maximum Gasteiger partial charge on any atom is 0.0904 e. The van der Waals surface area contributed by atoms with Crippen molar-refractivity contribution in [2.75, 3.05) is 99.2 Å². The van der Waals surface area contributed by atoms with Crippen LogP contribution in [0.5, 0.6) is 0 Å². The summed E-state index contributed by atoms with van der Waals surface area (Å²) < 4.78 is 21.8. The molecule has 33 heavy (non-hydrogen) atoms. The fraction of sp³-hybridized carbons (Fsp3) is 0.900. The van der Waals surface area contributed by atoms with Gasteiger partial charge in [-0.15, -0.1) is 0 Å². The van der Waals surface area contributed by atoms with Crippen molar-refractivity contribution >= 4 is 11.4 Å². The van der Waals surface area contributed by atoms with Gasteiger partial charge >= 0.3 is 0 Å². The summed E-state index contributed by atoms with van der Waals surface area (Å²) in [5.74, 6) is -0.00500. The van der Waals surface area contributed by atoms with E-state index in [1.165, 1.54) is 0 Å². The molecule has 13 nitrogen and oxygen atoms in total. The number of hydrogen-bond acceptors (Lipinski definition) is 13. The number of ether oxygens (including phenoxy) is 4. The summed E-state index contributed by atoms with van der Waals surface area (Å²) in [5.41, 5.74) is 12.3. The maximum absolute atomic E-state index is 9.02. The van der Waals surface area contributed by atoms with Crippen molar-refractivity contribution in [1.82, 2.24) is 5.32 Å². The van der Waals surface area contributed by atoms with Gasteiger partial charge < -0.3 is 50.8 Å². The van der Waals surface area contributed by atoms with Crippen LogP contribution >= 0.6 is 0 Å². The van der Waals surface area contributed by atoms with Gasteiger partial charge in [0, 0.05) is 12.0 Å². The molecule has 0 amide bonds. The summed E-state index contributed by atoms with van der Waals surface area (Å²) in [7, 11) is 0. The standard InChI is InChI=1S/C20H43N5O8/c21-2-1-17(11-30-7-3-26)18(12-31-8-4-27)24-16-25-20(14-33-10-6-29)19(23-15-22)13-32-9-5-28/h17-18,24,26-29H,1-16,21-22H2. The van der Waals surface area contributed by atoms with Crippen LogP contribution in [0.4, 0.5) is 0 Å². The van der Waals surface area contributed by atoms with Crippen LogP contribution in [0.2, 0.25) is 0 Å². The van der Waals surface area contributed by atoms with Crippen LogP contribution in [0.25, 0.3) is 0 Å². The molecule has 0 aliphatic rings. The van der Waals surface area contributed by atoms with Gasteiger partial charge in [-0.1, -0.05) is 0 Å². The smallest absolute Gasteiger partial charge is 0.0904 e. The number of nitrogens with zero attached hydrogens (tertiary/aromatic N) is 2. The van der Waals surface area contributed by atoms with Crippen molar-refractivity contribution in [2.24, 2.45) is 27.4 Å². The first kappa shape index (κ1) is 31.9. The average molecular weight is 482 g/mol. The molecule has 0 saturated carbocycles. The first-order valence-electron chi connectivity index (χ1n) is 11.1. The van der Waals surface area contributed by atoms with E-state index in [-0.39, 0.29) is 91.4 Å². The Morgan fingerprint density at radius 3 is 1.76 bits per heavy atom. The number of aliphatic imine (C=N–C) groups is 2. The third-order valence-electron chi connectivity index (χ3n) is 4.39. The van der Waals surface area contributed by atoms with Crippen LogP contribution in [0, 0.1) is 5.92 Å². The lowest BCUT2D eigenvalue weighted by atomic mass is 9.97. The zero-order valence-electron chi connectivity index (χ0n) is 19.4. The maximum atomic E-state index is 9.02. The van der Waals surface area contributed by atoms with Crippen LogP contribution in [-0.2, 0) is 18.9 Å². The molecular formula is C20H43N5O8. The number of rotatable bonds is 24. The molecule has 0 aromatic heterocycles. The normalized spacial score (nSPS) is 14.6. The fourth-order valence-corrected chi connectivity index (χ4v) is 2.83. The zero-order chi connectivity index (χ0) is 24.6. The second kappa shape index (κ2) is 24.0. The van der Waals surface area contributed by atoms with E-state index in [1.807, 2.05) is 0 Å². The largest absolute Gasteiger partial charge is 0.394 e. The molecule has 0 fully saturated rings. The first-order chi connectivity index (χ1) is 16.2. The Hall–Kier alpha value is -1.10. The summed E-state index contributed by atoms with van der Waals surface area (Å²) in [6.07, 6.45) is 0.663. The molecule has 0 aliphatic heterocycles. The van der Waals surface area contributed by atoms with Crippen molar-refractivity contribution in [1.29, 1.82) is 0 Å². The van der Waals surface area contributed by atoms with E-state index in [0.29, 0.717) is 37.6 Å². The Labute approximate surface area is 195 Å². The zero-order valence-corrected chi connectivity index (χ0v) is 19.4. The van der Waals surface area contributed by atoms with Crippen LogP contribution in [-0.4, -0.2) is 137 Å². The SMILES string of the molecule is NCCC(COCCO)C(COCCO)NCN=C(COCCO)C(COCCO)=NCN. The Morgan fingerprint density at radius 1 is 0.727 bits per heavy atom. The Kier molecular flexibility index (Phi) is 23.2. The molecule has 9 N–H and O–H groups in total. The lowest BCUT2D eigenvalue weighted by molar-refractivity contribution is 0.0251. The van der Waals surface area contributed by atoms with E-state index in [0.717, 1.165) is 0 Å². The number of hydrogen-bond donors (Lipinski definition) is 7. The first-order valence-corrected chi connectivity index (χ1v) is 11.1. The summed E-state index contributed by atoms with van der Waals surface area (Å²) in [6.45, 7) is 1.85. The minimum atomic E-state index is -0.178. The van der Waals surface area contributed by atoms with E-state index in [4.69, 9.17) is 50.8 Å². The number of nitrogens with one attached hydrogen (secondary N) is 1. The summed E-state index contributed by atoms with van der Waals surface area (Å²) in [6, 6.07) is -0.178. The minimum absolute atomic E-state index is 0.00500. The highest BCUT2D eigenvalue weighted by molar-refractivity contribution is 6.43. The monoisotopic (exact) mass is 481 g/mol. The second-order valence-electron chi connectivity index (χ2n) is 6.85. The van der Waals surface area contributed by atoms with E-state index in [9.17, 15) is 0 Å². The second-order valence-corrected chi connectivity index (χ2v) is 6.85. The minimum Gasteiger partial charge on any atom is -0.394 e. The molecule has 0 aromatic rings. The van der Waals surface area contributed by atoms with Crippen LogP contribution < -0.4 is 16.8 Å². The van der Waals surface area contributed by atoms with Gasteiger partial charge in [-0.25, -0.2) is 0 Å². The van der Waals surface area contributed by atoms with E-state index in [1.54, 1.807) is 0 Å². The van der Waals surface area contributed by atoms with Gasteiger partial charge in [-0.3, -0.25) is 15.3 Å². The van der Waals surface area contributed by atoms with Gasteiger partial charge in [0.15, 0.2) is 0 Å². The van der Waals surface area contributed by atoms with Gasteiger partial charge in [0.1, 0.15) is 0 Å². The Morgan fingerprint density at radius 2 is 1.24 bits per heavy atom. The van der Waals surface area contributed by atoms with Crippen molar-refractivity contribution in [3.8, 4) is 0 Å². The molecule has 2 atom stereocenters. The van der Waals surface area contributed by atoms with Gasteiger partial charge in [0.25, 0.3) is 0 Å². The highest BCUT2D eigenvalue weighted by Crippen LogP contribution is 2.11. The predicted octanol–water partition coefficient (Wildman–Crippen LogP) is -3.30. The molecule has 0 saturated heterocycles. The molecule has 0 heterocycles. The third kappa shape index (κ3) is 17.1. The molecule has 0 aromatic carbocycles. The van der Waals surface area contributed by atoms with Gasteiger partial charge in [0.05, 0.1) is 104 Å². The van der Waals surface area contributed by atoms with Crippen molar-refractivity contribution in [3.05, 3.63) is 0 Å². The number of aliphatic hydroxyl groups is 4. The van der Waals surface area contributed by atoms with Crippen LogP contribution in [0.1, 0.15) is 6.42 Å². The third-order valence-corrected chi connectivity index (χ3v) is 4.39. The Bertz CT molecular complexity index is 499. The fourth-order valence-electron chi connectivity index (χ4n) is 2.83. The summed E-state index contributed by atoms with van der Waals surface area (Å²) in [5, 5.41) is 39.3. The van der Waals surface area contributed by atoms with Crippen LogP contribution in [0.15, 0.2) is 9.98 Å². The molecule has 0 radical (unpaired) electrons. The summed E-state index contributed by atoms with van der Waals surface area (Å²) >= 11 is 0. The average Bonchev–Trinajstić information content (AvgIpc) is 2.81. The van der Waals surface area contributed by atoms with Gasteiger partial charge in [0.2, 0.25) is 0 Å². The molecule has 0 rings (SSSR count). The van der Waals surface area contributed by atoms with E-state index < -0.39 is 0 Å². The lowest BCUT2D eigenvalue weighted by Crippen LogP contribution is -2.43. The topological polar surface area (TPSA) is 207 Å². The van der Waals surface area contributed by atoms with E-state index >= 15 is 0 Å². The molecule has 0 aliphatic carbocycles. The van der Waals surface area contributed by atoms with Crippen molar-refractivity contribution < 1.29 is 39.4 Å². The lowest BCUT2D eigenvalue weighted by Gasteiger charge is -2.27. The molecule has 196 valence electrons. The summed E-state index contributed by atoms with van der Waals surface area (Å²) in [4.78, 5) is 8.78. The highest BCUT2D eigenvalue weighted by Gasteiger charge is 2.21. The number of nitrogens with two attached hydrogens (primary N) is 2. The Balaban J connectivity index is 5.34. The van der Waals surface area contributed by atoms with Crippen molar-refractivity contribution in [3.63, 3.8) is 0 Å².